The smallest absolute Gasteiger partial charge is 0.396 e. The maximum Gasteiger partial charge on any atom is 0.416 e. The van der Waals surface area contributed by atoms with Crippen molar-refractivity contribution in [2.75, 3.05) is 6.61 Å². The van der Waals surface area contributed by atoms with Crippen molar-refractivity contribution < 1.29 is 18.3 Å². The first kappa shape index (κ1) is 15.0. The van der Waals surface area contributed by atoms with Gasteiger partial charge in [-0.05, 0) is 31.9 Å². The lowest BCUT2D eigenvalue weighted by atomic mass is 9.80. The molecular weight excluding hydrogens is 243 g/mol. The summed E-state index contributed by atoms with van der Waals surface area (Å²) in [5.41, 5.74) is 5.10. The summed E-state index contributed by atoms with van der Waals surface area (Å²) in [5, 5.41) is 9.01. The Morgan fingerprint density at radius 1 is 1.28 bits per heavy atom. The molecule has 0 aliphatic rings. The Balaban J connectivity index is 3.14. The van der Waals surface area contributed by atoms with Crippen molar-refractivity contribution in [2.45, 2.75) is 37.9 Å². The van der Waals surface area contributed by atoms with E-state index in [9.17, 15) is 13.2 Å². The van der Waals surface area contributed by atoms with Crippen LogP contribution in [0.15, 0.2) is 24.3 Å². The Bertz CT molecular complexity index is 396. The SMILES string of the molecule is CC(C)(N)C(CCO)c1cccc(C(F)(F)F)c1. The zero-order valence-electron chi connectivity index (χ0n) is 10.5. The number of nitrogens with two attached hydrogens (primary N) is 1. The molecule has 0 saturated carbocycles. The molecule has 5 heteroatoms. The van der Waals surface area contributed by atoms with Gasteiger partial charge in [-0.1, -0.05) is 18.2 Å². The van der Waals surface area contributed by atoms with Crippen LogP contribution in [0.2, 0.25) is 0 Å². The molecule has 2 nitrogen and oxygen atoms in total. The van der Waals surface area contributed by atoms with Crippen LogP contribution in [-0.4, -0.2) is 17.3 Å². The van der Waals surface area contributed by atoms with Gasteiger partial charge in [-0.25, -0.2) is 0 Å². The highest BCUT2D eigenvalue weighted by Crippen LogP contribution is 2.34. The van der Waals surface area contributed by atoms with E-state index in [-0.39, 0.29) is 12.5 Å². The minimum atomic E-state index is -4.36. The fourth-order valence-electron chi connectivity index (χ4n) is 2.03. The van der Waals surface area contributed by atoms with Crippen LogP contribution in [0.1, 0.15) is 37.3 Å². The van der Waals surface area contributed by atoms with Gasteiger partial charge in [-0.2, -0.15) is 13.2 Å². The van der Waals surface area contributed by atoms with Gasteiger partial charge >= 0.3 is 6.18 Å². The Morgan fingerprint density at radius 2 is 1.89 bits per heavy atom. The summed E-state index contributed by atoms with van der Waals surface area (Å²) in [6, 6.07) is 5.12. The highest BCUT2D eigenvalue weighted by molar-refractivity contribution is 5.30. The van der Waals surface area contributed by atoms with E-state index in [1.54, 1.807) is 19.9 Å². The summed E-state index contributed by atoms with van der Waals surface area (Å²) in [4.78, 5) is 0. The van der Waals surface area contributed by atoms with Crippen molar-refractivity contribution in [1.82, 2.24) is 0 Å². The molecule has 0 heterocycles. The van der Waals surface area contributed by atoms with Gasteiger partial charge in [0.25, 0.3) is 0 Å². The minimum absolute atomic E-state index is 0.110. The molecule has 18 heavy (non-hydrogen) atoms. The number of benzene rings is 1. The van der Waals surface area contributed by atoms with E-state index in [0.717, 1.165) is 12.1 Å². The lowest BCUT2D eigenvalue weighted by molar-refractivity contribution is -0.137. The summed E-state index contributed by atoms with van der Waals surface area (Å²) in [6.45, 7) is 3.38. The van der Waals surface area contributed by atoms with E-state index in [2.05, 4.69) is 0 Å². The Kier molecular flexibility index (Phi) is 4.40. The predicted octanol–water partition coefficient (Wildman–Crippen LogP) is 2.91. The van der Waals surface area contributed by atoms with Crippen LogP contribution in [-0.2, 0) is 6.18 Å². The van der Waals surface area contributed by atoms with Crippen molar-refractivity contribution in [3.63, 3.8) is 0 Å². The number of hydrogen-bond donors (Lipinski definition) is 2. The normalized spacial score (nSPS) is 14.6. The van der Waals surface area contributed by atoms with Crippen LogP contribution >= 0.6 is 0 Å². The van der Waals surface area contributed by atoms with Crippen molar-refractivity contribution in [1.29, 1.82) is 0 Å². The van der Waals surface area contributed by atoms with E-state index >= 15 is 0 Å². The van der Waals surface area contributed by atoms with Gasteiger partial charge in [0.05, 0.1) is 5.56 Å². The molecule has 0 aliphatic carbocycles. The van der Waals surface area contributed by atoms with Crippen LogP contribution in [0.4, 0.5) is 13.2 Å². The minimum Gasteiger partial charge on any atom is -0.396 e. The van der Waals surface area contributed by atoms with Crippen LogP contribution in [0, 0.1) is 0 Å². The van der Waals surface area contributed by atoms with Gasteiger partial charge in [0.2, 0.25) is 0 Å². The molecule has 0 amide bonds. The highest BCUT2D eigenvalue weighted by Gasteiger charge is 2.32. The summed E-state index contributed by atoms with van der Waals surface area (Å²) >= 11 is 0. The van der Waals surface area contributed by atoms with Crippen molar-refractivity contribution in [3.05, 3.63) is 35.4 Å². The molecule has 1 aromatic carbocycles. The molecule has 1 aromatic rings. The van der Waals surface area contributed by atoms with Gasteiger partial charge < -0.3 is 10.8 Å². The number of aliphatic hydroxyl groups is 1. The van der Waals surface area contributed by atoms with Crippen molar-refractivity contribution >= 4 is 0 Å². The summed E-state index contributed by atoms with van der Waals surface area (Å²) in [7, 11) is 0. The number of rotatable bonds is 4. The molecule has 0 saturated heterocycles. The number of aliphatic hydroxyl groups excluding tert-OH is 1. The summed E-state index contributed by atoms with van der Waals surface area (Å²) in [5.74, 6) is -0.315. The van der Waals surface area contributed by atoms with Crippen LogP contribution in [0.5, 0.6) is 0 Å². The number of alkyl halides is 3. The van der Waals surface area contributed by atoms with Crippen LogP contribution in [0.25, 0.3) is 0 Å². The third kappa shape index (κ3) is 3.71. The zero-order chi connectivity index (χ0) is 14.0. The topological polar surface area (TPSA) is 46.2 Å². The molecule has 3 N–H and O–H groups in total. The quantitative estimate of drug-likeness (QED) is 0.875. The molecule has 1 unspecified atom stereocenters. The molecule has 1 rings (SSSR count). The molecule has 1 atom stereocenters. The van der Waals surface area contributed by atoms with E-state index in [1.807, 2.05) is 0 Å². The van der Waals surface area contributed by atoms with Crippen LogP contribution in [0.3, 0.4) is 0 Å². The van der Waals surface area contributed by atoms with Gasteiger partial charge in [-0.3, -0.25) is 0 Å². The highest BCUT2D eigenvalue weighted by atomic mass is 19.4. The second-order valence-corrected chi connectivity index (χ2v) is 5.01. The molecule has 102 valence electrons. The van der Waals surface area contributed by atoms with Crippen LogP contribution < -0.4 is 5.73 Å². The van der Waals surface area contributed by atoms with Gasteiger partial charge in [0.1, 0.15) is 0 Å². The molecule has 0 spiro atoms. The maximum absolute atomic E-state index is 12.6. The Labute approximate surface area is 105 Å². The lowest BCUT2D eigenvalue weighted by Crippen LogP contribution is -2.39. The first-order valence-electron chi connectivity index (χ1n) is 5.73. The van der Waals surface area contributed by atoms with Gasteiger partial charge in [-0.15, -0.1) is 0 Å². The summed E-state index contributed by atoms with van der Waals surface area (Å²) in [6.07, 6.45) is -4.02. The average Bonchev–Trinajstić information content (AvgIpc) is 2.23. The van der Waals surface area contributed by atoms with E-state index in [0.29, 0.717) is 12.0 Å². The largest absolute Gasteiger partial charge is 0.416 e. The third-order valence-electron chi connectivity index (χ3n) is 2.93. The maximum atomic E-state index is 12.6. The van der Waals surface area contributed by atoms with E-state index in [4.69, 9.17) is 10.8 Å². The monoisotopic (exact) mass is 261 g/mol. The Morgan fingerprint density at radius 3 is 2.33 bits per heavy atom. The van der Waals surface area contributed by atoms with E-state index < -0.39 is 17.3 Å². The van der Waals surface area contributed by atoms with Gasteiger partial charge in [0.15, 0.2) is 0 Å². The first-order valence-corrected chi connectivity index (χ1v) is 5.73. The van der Waals surface area contributed by atoms with Crippen molar-refractivity contribution in [3.8, 4) is 0 Å². The first-order chi connectivity index (χ1) is 8.16. The lowest BCUT2D eigenvalue weighted by Gasteiger charge is -2.31. The van der Waals surface area contributed by atoms with E-state index in [1.165, 1.54) is 6.07 Å². The molecule has 0 aliphatic heterocycles. The standard InChI is InChI=1S/C13H18F3NO/c1-12(2,17)11(6-7-18)9-4-3-5-10(8-9)13(14,15)16/h3-5,8,11,18H,6-7,17H2,1-2H3. The predicted molar refractivity (Wildman–Crippen MR) is 64.2 cm³/mol. The molecule has 0 radical (unpaired) electrons. The molecular formula is C13H18F3NO. The summed E-state index contributed by atoms with van der Waals surface area (Å²) < 4.78 is 37.9. The number of halogens is 3. The second kappa shape index (κ2) is 5.28. The average molecular weight is 261 g/mol. The van der Waals surface area contributed by atoms with Crippen molar-refractivity contribution in [2.24, 2.45) is 5.73 Å². The molecule has 0 bridgehead atoms. The molecule has 0 fully saturated rings. The fourth-order valence-corrected chi connectivity index (χ4v) is 2.03. The fraction of sp³-hybridized carbons (Fsp3) is 0.538. The zero-order valence-corrected chi connectivity index (χ0v) is 10.5. The Hall–Kier alpha value is -1.07. The van der Waals surface area contributed by atoms with Gasteiger partial charge in [0, 0.05) is 18.1 Å². The third-order valence-corrected chi connectivity index (χ3v) is 2.93. The number of hydrogen-bond acceptors (Lipinski definition) is 2. The molecule has 0 aromatic heterocycles. The second-order valence-electron chi connectivity index (χ2n) is 5.01.